The second-order valence-corrected chi connectivity index (χ2v) is 7.51. The van der Waals surface area contributed by atoms with Crippen molar-refractivity contribution in [1.29, 1.82) is 5.26 Å². The molecule has 1 N–H and O–H groups in total. The van der Waals surface area contributed by atoms with E-state index in [0.29, 0.717) is 26.6 Å². The topological polar surface area (TPSA) is 87.8 Å². The van der Waals surface area contributed by atoms with Crippen molar-refractivity contribution >= 4 is 44.9 Å². The first-order valence-electron chi connectivity index (χ1n) is 7.38. The number of para-hydroxylation sites is 1. The van der Waals surface area contributed by atoms with Gasteiger partial charge in [0.1, 0.15) is 10.9 Å². The highest BCUT2D eigenvalue weighted by Gasteiger charge is 2.13. The van der Waals surface area contributed by atoms with E-state index < -0.39 is 0 Å². The molecule has 0 atom stereocenters. The van der Waals surface area contributed by atoms with Crippen LogP contribution in [0.2, 0.25) is 0 Å². The number of hydrogen-bond donors (Lipinski definition) is 1. The summed E-state index contributed by atoms with van der Waals surface area (Å²) in [6.45, 7) is 1.93. The zero-order chi connectivity index (χ0) is 18.0. The second kappa shape index (κ2) is 7.09. The number of aryl methyl sites for hydroxylation is 1. The van der Waals surface area contributed by atoms with E-state index in [1.54, 1.807) is 31.3 Å². The zero-order valence-corrected chi connectivity index (χ0v) is 15.2. The van der Waals surface area contributed by atoms with Gasteiger partial charge in [0.2, 0.25) is 5.91 Å². The predicted octanol–water partition coefficient (Wildman–Crippen LogP) is 2.91. The minimum Gasteiger partial charge on any atom is -0.324 e. The smallest absolute Gasteiger partial charge is 0.262 e. The number of thioether (sulfide) groups is 1. The molecule has 1 amide bonds. The number of carbonyl (C=O) groups excluding carboxylic acids is 1. The first-order chi connectivity index (χ1) is 12.0. The van der Waals surface area contributed by atoms with Crippen molar-refractivity contribution in [2.45, 2.75) is 12.1 Å². The monoisotopic (exact) mass is 370 g/mol. The highest BCUT2D eigenvalue weighted by atomic mass is 32.2. The first kappa shape index (κ1) is 17.2. The molecule has 6 nitrogen and oxygen atoms in total. The van der Waals surface area contributed by atoms with E-state index in [0.717, 1.165) is 4.88 Å². The molecule has 1 aromatic carbocycles. The van der Waals surface area contributed by atoms with Gasteiger partial charge in [0, 0.05) is 11.9 Å². The van der Waals surface area contributed by atoms with E-state index in [1.807, 2.05) is 19.1 Å². The summed E-state index contributed by atoms with van der Waals surface area (Å²) in [5.74, 6) is -0.167. The van der Waals surface area contributed by atoms with Crippen molar-refractivity contribution in [2.75, 3.05) is 11.1 Å². The number of fused-ring (bicyclic) bond motifs is 1. The van der Waals surface area contributed by atoms with Crippen molar-refractivity contribution in [1.82, 2.24) is 9.55 Å². The number of amides is 1. The van der Waals surface area contributed by atoms with Gasteiger partial charge in [0.25, 0.3) is 5.56 Å². The number of rotatable bonds is 4. The summed E-state index contributed by atoms with van der Waals surface area (Å²) in [6.07, 6.45) is 0. The molecule has 3 aromatic rings. The number of benzene rings is 1. The van der Waals surface area contributed by atoms with Crippen LogP contribution in [0.15, 0.2) is 40.3 Å². The van der Waals surface area contributed by atoms with Crippen LogP contribution in [-0.4, -0.2) is 21.2 Å². The SMILES string of the molecule is Cc1cc2c(=O)n(C)c(SCC(=O)Nc3ccccc3C#N)nc2s1. The van der Waals surface area contributed by atoms with Crippen molar-refractivity contribution < 1.29 is 4.79 Å². The van der Waals surface area contributed by atoms with Crippen LogP contribution in [0.4, 0.5) is 5.69 Å². The molecule has 0 aliphatic carbocycles. The van der Waals surface area contributed by atoms with E-state index >= 15 is 0 Å². The Hall–Kier alpha value is -2.63. The standard InChI is InChI=1S/C17H14N4O2S2/c1-10-7-12-15(25-10)20-17(21(2)16(12)23)24-9-14(22)19-13-6-4-3-5-11(13)8-18/h3-7H,9H2,1-2H3,(H,19,22). The zero-order valence-electron chi connectivity index (χ0n) is 13.6. The predicted molar refractivity (Wildman–Crippen MR) is 100 cm³/mol. The van der Waals surface area contributed by atoms with Gasteiger partial charge in [-0.2, -0.15) is 5.26 Å². The molecule has 0 radical (unpaired) electrons. The number of aromatic nitrogens is 2. The Labute approximate surface area is 152 Å². The lowest BCUT2D eigenvalue weighted by Gasteiger charge is -2.08. The number of nitrogens with zero attached hydrogens (tertiary/aromatic N) is 3. The van der Waals surface area contributed by atoms with Crippen LogP contribution in [0.1, 0.15) is 10.4 Å². The molecular weight excluding hydrogens is 356 g/mol. The van der Waals surface area contributed by atoms with Crippen LogP contribution >= 0.6 is 23.1 Å². The number of nitriles is 1. The maximum Gasteiger partial charge on any atom is 0.262 e. The molecule has 0 aliphatic rings. The van der Waals surface area contributed by atoms with E-state index in [2.05, 4.69) is 10.3 Å². The number of thiophene rings is 1. The fourth-order valence-electron chi connectivity index (χ4n) is 2.30. The minimum absolute atomic E-state index is 0.0932. The maximum atomic E-state index is 12.4. The Morgan fingerprint density at radius 2 is 2.20 bits per heavy atom. The third kappa shape index (κ3) is 3.57. The molecule has 0 aliphatic heterocycles. The van der Waals surface area contributed by atoms with Crippen LogP contribution in [0, 0.1) is 18.3 Å². The summed E-state index contributed by atoms with van der Waals surface area (Å²) in [4.78, 5) is 30.7. The van der Waals surface area contributed by atoms with Gasteiger partial charge in [0.15, 0.2) is 5.16 Å². The Morgan fingerprint density at radius 1 is 1.44 bits per heavy atom. The second-order valence-electron chi connectivity index (χ2n) is 5.33. The first-order valence-corrected chi connectivity index (χ1v) is 9.18. The molecule has 0 unspecified atom stereocenters. The maximum absolute atomic E-state index is 12.4. The van der Waals surface area contributed by atoms with Crippen LogP contribution in [-0.2, 0) is 11.8 Å². The van der Waals surface area contributed by atoms with Crippen LogP contribution in [0.5, 0.6) is 0 Å². The molecule has 8 heteroatoms. The van der Waals surface area contributed by atoms with E-state index in [1.165, 1.54) is 27.7 Å². The van der Waals surface area contributed by atoms with Gasteiger partial charge in [-0.25, -0.2) is 4.98 Å². The lowest BCUT2D eigenvalue weighted by atomic mass is 10.2. The number of hydrogen-bond acceptors (Lipinski definition) is 6. The third-order valence-electron chi connectivity index (χ3n) is 3.51. The van der Waals surface area contributed by atoms with Crippen molar-refractivity contribution in [3.8, 4) is 6.07 Å². The normalized spacial score (nSPS) is 10.6. The highest BCUT2D eigenvalue weighted by Crippen LogP contribution is 2.24. The molecule has 2 aromatic heterocycles. The summed E-state index contributed by atoms with van der Waals surface area (Å²) in [7, 11) is 1.65. The van der Waals surface area contributed by atoms with Gasteiger partial charge in [-0.05, 0) is 25.1 Å². The molecule has 25 heavy (non-hydrogen) atoms. The van der Waals surface area contributed by atoms with Gasteiger partial charge in [-0.1, -0.05) is 23.9 Å². The van der Waals surface area contributed by atoms with Crippen molar-refractivity contribution in [3.05, 3.63) is 51.1 Å². The van der Waals surface area contributed by atoms with Crippen molar-refractivity contribution in [3.63, 3.8) is 0 Å². The lowest BCUT2D eigenvalue weighted by Crippen LogP contribution is -2.21. The molecule has 0 fully saturated rings. The van der Waals surface area contributed by atoms with Crippen LogP contribution < -0.4 is 10.9 Å². The summed E-state index contributed by atoms with van der Waals surface area (Å²) in [6, 6.07) is 10.7. The fourth-order valence-corrected chi connectivity index (χ4v) is 4.00. The average Bonchev–Trinajstić information content (AvgIpc) is 2.98. The van der Waals surface area contributed by atoms with E-state index in [-0.39, 0.29) is 17.2 Å². The summed E-state index contributed by atoms with van der Waals surface area (Å²) >= 11 is 2.65. The van der Waals surface area contributed by atoms with Gasteiger partial charge < -0.3 is 5.32 Å². The van der Waals surface area contributed by atoms with Gasteiger partial charge in [-0.3, -0.25) is 14.2 Å². The summed E-state index contributed by atoms with van der Waals surface area (Å²) in [5, 5.41) is 12.9. The van der Waals surface area contributed by atoms with Crippen LogP contribution in [0.3, 0.4) is 0 Å². The number of anilines is 1. The molecule has 0 saturated heterocycles. The van der Waals surface area contributed by atoms with Gasteiger partial charge in [-0.15, -0.1) is 11.3 Å². The third-order valence-corrected chi connectivity index (χ3v) is 5.48. The highest BCUT2D eigenvalue weighted by molar-refractivity contribution is 7.99. The molecule has 0 bridgehead atoms. The molecule has 0 spiro atoms. The fraction of sp³-hybridized carbons (Fsp3) is 0.176. The Bertz CT molecular complexity index is 1060. The van der Waals surface area contributed by atoms with Crippen LogP contribution in [0.25, 0.3) is 10.2 Å². The summed E-state index contributed by atoms with van der Waals surface area (Å²) < 4.78 is 1.45. The van der Waals surface area contributed by atoms with Gasteiger partial charge >= 0.3 is 0 Å². The Kier molecular flexibility index (Phi) is 4.88. The lowest BCUT2D eigenvalue weighted by molar-refractivity contribution is -0.113. The quantitative estimate of drug-likeness (QED) is 0.563. The number of nitrogens with one attached hydrogen (secondary N) is 1. The molecule has 0 saturated carbocycles. The number of carbonyl (C=O) groups is 1. The molecule has 3 rings (SSSR count). The molecule has 126 valence electrons. The Morgan fingerprint density at radius 3 is 2.96 bits per heavy atom. The molecule has 2 heterocycles. The van der Waals surface area contributed by atoms with E-state index in [4.69, 9.17) is 5.26 Å². The van der Waals surface area contributed by atoms with E-state index in [9.17, 15) is 9.59 Å². The molecular formula is C17H14N4O2S2. The van der Waals surface area contributed by atoms with Gasteiger partial charge in [0.05, 0.1) is 22.4 Å². The average molecular weight is 370 g/mol. The Balaban J connectivity index is 1.76. The minimum atomic E-state index is -0.260. The van der Waals surface area contributed by atoms with Crippen molar-refractivity contribution in [2.24, 2.45) is 7.05 Å². The summed E-state index contributed by atoms with van der Waals surface area (Å²) in [5.41, 5.74) is 0.760. The largest absolute Gasteiger partial charge is 0.324 e.